The fraction of sp³-hybridized carbons (Fsp3) is 0.429. The van der Waals surface area contributed by atoms with Gasteiger partial charge in [0.1, 0.15) is 0 Å². The Hall–Kier alpha value is -1.58. The molecule has 0 radical (unpaired) electrons. The van der Waals surface area contributed by atoms with Gasteiger partial charge in [-0.25, -0.2) is 13.8 Å². The Kier molecular flexibility index (Phi) is 3.55. The maximum Gasteiger partial charge on any atom is 0.244 e. The van der Waals surface area contributed by atoms with E-state index in [9.17, 15) is 13.6 Å². The van der Waals surface area contributed by atoms with E-state index in [1.807, 2.05) is 18.2 Å². The number of hydrogen-bond donors (Lipinski definition) is 0. The third-order valence-electron chi connectivity index (χ3n) is 3.05. The third kappa shape index (κ3) is 2.63. The zero-order valence-electron chi connectivity index (χ0n) is 10.4. The van der Waals surface area contributed by atoms with E-state index in [2.05, 4.69) is 18.8 Å². The van der Waals surface area contributed by atoms with Crippen LogP contribution in [0.4, 0.5) is 14.5 Å². The van der Waals surface area contributed by atoms with Gasteiger partial charge in [-0.2, -0.15) is 0 Å². The Morgan fingerprint density at radius 3 is 2.67 bits per heavy atom. The first-order valence-electron chi connectivity index (χ1n) is 5.99. The van der Waals surface area contributed by atoms with Crippen LogP contribution in [0.2, 0.25) is 0 Å². The molecule has 1 aliphatic rings. The summed E-state index contributed by atoms with van der Waals surface area (Å²) in [5.74, 6) is 0.0838. The lowest BCUT2D eigenvalue weighted by atomic mass is 9.94. The maximum absolute atomic E-state index is 12.3. The molecule has 2 nitrogen and oxygen atoms in total. The molecule has 1 aromatic carbocycles. The lowest BCUT2D eigenvalue weighted by Crippen LogP contribution is -2.22. The van der Waals surface area contributed by atoms with Gasteiger partial charge in [0.05, 0.1) is 17.8 Å². The Bertz CT molecular complexity index is 507. The van der Waals surface area contributed by atoms with Crippen molar-refractivity contribution in [2.75, 3.05) is 0 Å². The van der Waals surface area contributed by atoms with Gasteiger partial charge in [-0.05, 0) is 23.1 Å². The normalized spacial score (nSPS) is 15.0. The number of alkyl halides is 2. The predicted octanol–water partition coefficient (Wildman–Crippen LogP) is 3.66. The lowest BCUT2D eigenvalue weighted by Gasteiger charge is -2.16. The van der Waals surface area contributed by atoms with Crippen molar-refractivity contribution in [3.63, 3.8) is 0 Å². The summed E-state index contributed by atoms with van der Waals surface area (Å²) >= 11 is 0. The Balaban J connectivity index is 2.35. The molecule has 18 heavy (non-hydrogen) atoms. The smallest absolute Gasteiger partial charge is 0.244 e. The number of rotatable bonds is 3. The molecule has 0 bridgehead atoms. The number of carbonyl (C=O) groups is 1. The number of halogens is 2. The number of ketones is 1. The zero-order chi connectivity index (χ0) is 13.3. The van der Waals surface area contributed by atoms with Gasteiger partial charge < -0.3 is 0 Å². The van der Waals surface area contributed by atoms with Gasteiger partial charge in [0, 0.05) is 6.42 Å². The molecule has 0 aliphatic carbocycles. The van der Waals surface area contributed by atoms with E-state index in [0.29, 0.717) is 11.6 Å². The van der Waals surface area contributed by atoms with E-state index in [-0.39, 0.29) is 17.9 Å². The van der Waals surface area contributed by atoms with Gasteiger partial charge in [0.25, 0.3) is 0 Å². The molecular formula is C14H15F2NO. The molecule has 2 rings (SSSR count). The van der Waals surface area contributed by atoms with Crippen LogP contribution in [0.5, 0.6) is 0 Å². The SMILES string of the molecule is CC(C)c1ccc2c(c1)CC(=O)C(CC(F)F)=N2. The van der Waals surface area contributed by atoms with Gasteiger partial charge in [-0.15, -0.1) is 0 Å². The van der Waals surface area contributed by atoms with Crippen LogP contribution in [0.3, 0.4) is 0 Å². The van der Waals surface area contributed by atoms with E-state index in [0.717, 1.165) is 11.1 Å². The molecule has 0 aromatic heterocycles. The van der Waals surface area contributed by atoms with Gasteiger partial charge in [0.2, 0.25) is 6.43 Å². The highest BCUT2D eigenvalue weighted by Crippen LogP contribution is 2.29. The summed E-state index contributed by atoms with van der Waals surface area (Å²) in [6.45, 7) is 4.13. The van der Waals surface area contributed by atoms with Crippen LogP contribution in [0.1, 0.15) is 37.3 Å². The van der Waals surface area contributed by atoms with Crippen molar-refractivity contribution in [1.82, 2.24) is 0 Å². The van der Waals surface area contributed by atoms with E-state index in [1.54, 1.807) is 0 Å². The average molecular weight is 251 g/mol. The van der Waals surface area contributed by atoms with Gasteiger partial charge in [-0.3, -0.25) is 4.79 Å². The number of aliphatic imine (C=N–C) groups is 1. The molecule has 0 unspecified atom stereocenters. The first-order valence-corrected chi connectivity index (χ1v) is 5.99. The molecule has 0 N–H and O–H groups in total. The summed E-state index contributed by atoms with van der Waals surface area (Å²) in [5, 5.41) is 0. The van der Waals surface area contributed by atoms with Crippen molar-refractivity contribution in [2.24, 2.45) is 4.99 Å². The molecule has 0 saturated carbocycles. The van der Waals surface area contributed by atoms with Crippen molar-refractivity contribution >= 4 is 17.2 Å². The second-order valence-corrected chi connectivity index (χ2v) is 4.80. The van der Waals surface area contributed by atoms with Crippen molar-refractivity contribution < 1.29 is 13.6 Å². The first kappa shape index (κ1) is 12.9. The number of benzene rings is 1. The summed E-state index contributed by atoms with van der Waals surface area (Å²) in [6, 6.07) is 5.69. The highest BCUT2D eigenvalue weighted by molar-refractivity contribution is 6.41. The van der Waals surface area contributed by atoms with E-state index >= 15 is 0 Å². The van der Waals surface area contributed by atoms with Crippen LogP contribution in [0.15, 0.2) is 23.2 Å². The van der Waals surface area contributed by atoms with Crippen LogP contribution in [-0.4, -0.2) is 17.9 Å². The van der Waals surface area contributed by atoms with Crippen LogP contribution in [-0.2, 0) is 11.2 Å². The second kappa shape index (κ2) is 4.96. The van der Waals surface area contributed by atoms with Crippen molar-refractivity contribution in [3.05, 3.63) is 29.3 Å². The zero-order valence-corrected chi connectivity index (χ0v) is 10.4. The highest BCUT2D eigenvalue weighted by atomic mass is 19.3. The van der Waals surface area contributed by atoms with Crippen LogP contribution in [0, 0.1) is 0 Å². The van der Waals surface area contributed by atoms with Crippen molar-refractivity contribution in [3.8, 4) is 0 Å². The maximum atomic E-state index is 12.3. The monoisotopic (exact) mass is 251 g/mol. The van der Waals surface area contributed by atoms with Crippen LogP contribution in [0.25, 0.3) is 0 Å². The minimum absolute atomic E-state index is 0.00482. The first-order chi connectivity index (χ1) is 8.47. The highest BCUT2D eigenvalue weighted by Gasteiger charge is 2.23. The molecule has 96 valence electrons. The average Bonchev–Trinajstić information content (AvgIpc) is 2.28. The number of fused-ring (bicyclic) bond motifs is 1. The summed E-state index contributed by atoms with van der Waals surface area (Å²) in [7, 11) is 0. The van der Waals surface area contributed by atoms with E-state index < -0.39 is 12.8 Å². The summed E-state index contributed by atoms with van der Waals surface area (Å²) < 4.78 is 24.6. The standard InChI is InChI=1S/C14H15F2NO/c1-8(2)9-3-4-11-10(5-9)6-13(18)12(17-11)7-14(15)16/h3-5,8,14H,6-7H2,1-2H3. The Labute approximate surface area is 105 Å². The summed E-state index contributed by atoms with van der Waals surface area (Å²) in [6.07, 6.45) is -2.89. The predicted molar refractivity (Wildman–Crippen MR) is 67.0 cm³/mol. The third-order valence-corrected chi connectivity index (χ3v) is 3.05. The van der Waals surface area contributed by atoms with Gasteiger partial charge >= 0.3 is 0 Å². The van der Waals surface area contributed by atoms with Crippen LogP contribution < -0.4 is 0 Å². The molecule has 4 heteroatoms. The topological polar surface area (TPSA) is 29.4 Å². The molecule has 1 aliphatic heterocycles. The summed E-state index contributed by atoms with van der Waals surface area (Å²) in [4.78, 5) is 15.8. The minimum Gasteiger partial charge on any atom is -0.292 e. The van der Waals surface area contributed by atoms with Crippen molar-refractivity contribution in [2.45, 2.75) is 39.0 Å². The minimum atomic E-state index is -2.52. The van der Waals surface area contributed by atoms with Crippen molar-refractivity contribution in [1.29, 1.82) is 0 Å². The number of Topliss-reactive ketones (excluding diaryl/α,β-unsaturated/α-hetero) is 1. The Morgan fingerprint density at radius 2 is 2.06 bits per heavy atom. The fourth-order valence-corrected chi connectivity index (χ4v) is 2.00. The largest absolute Gasteiger partial charge is 0.292 e. The van der Waals surface area contributed by atoms with Gasteiger partial charge in [0.15, 0.2) is 5.78 Å². The molecule has 1 heterocycles. The fourth-order valence-electron chi connectivity index (χ4n) is 2.00. The lowest BCUT2D eigenvalue weighted by molar-refractivity contribution is -0.112. The molecule has 1 aromatic rings. The number of carbonyl (C=O) groups excluding carboxylic acids is 1. The summed E-state index contributed by atoms with van der Waals surface area (Å²) in [5.41, 5.74) is 2.61. The Morgan fingerprint density at radius 1 is 1.33 bits per heavy atom. The van der Waals surface area contributed by atoms with E-state index in [1.165, 1.54) is 0 Å². The number of hydrogen-bond acceptors (Lipinski definition) is 2. The second-order valence-electron chi connectivity index (χ2n) is 4.80. The molecule has 0 amide bonds. The molecular weight excluding hydrogens is 236 g/mol. The van der Waals surface area contributed by atoms with E-state index in [4.69, 9.17) is 0 Å². The quantitative estimate of drug-likeness (QED) is 0.806. The van der Waals surface area contributed by atoms with Crippen LogP contribution >= 0.6 is 0 Å². The molecule has 0 saturated heterocycles. The molecule has 0 spiro atoms. The van der Waals surface area contributed by atoms with Gasteiger partial charge in [-0.1, -0.05) is 26.0 Å². The number of nitrogens with zero attached hydrogens (tertiary/aromatic N) is 1. The molecule has 0 atom stereocenters. The molecule has 0 fully saturated rings.